The number of halogens is 1. The van der Waals surface area contributed by atoms with Crippen LogP contribution in [0.5, 0.6) is 0 Å². The van der Waals surface area contributed by atoms with Gasteiger partial charge >= 0.3 is 0 Å². The van der Waals surface area contributed by atoms with E-state index in [4.69, 9.17) is 11.6 Å². The molecule has 0 atom stereocenters. The Morgan fingerprint density at radius 2 is 1.84 bits per heavy atom. The lowest BCUT2D eigenvalue weighted by Crippen LogP contribution is -2.16. The van der Waals surface area contributed by atoms with Gasteiger partial charge in [0.2, 0.25) is 0 Å². The summed E-state index contributed by atoms with van der Waals surface area (Å²) in [6.07, 6.45) is 8.85. The average molecular weight is 433 g/mol. The van der Waals surface area contributed by atoms with Crippen molar-refractivity contribution >= 4 is 17.3 Å². The van der Waals surface area contributed by atoms with Crippen LogP contribution in [0.2, 0.25) is 5.02 Å². The molecule has 0 unspecified atom stereocenters. The van der Waals surface area contributed by atoms with Crippen LogP contribution >= 0.6 is 11.6 Å². The maximum absolute atomic E-state index is 6.55. The predicted octanol–water partition coefficient (Wildman–Crippen LogP) is 5.44. The first-order valence-corrected chi connectivity index (χ1v) is 11.8. The summed E-state index contributed by atoms with van der Waals surface area (Å²) in [6, 6.07) is 15.0. The first-order chi connectivity index (χ1) is 15.3. The van der Waals surface area contributed by atoms with Gasteiger partial charge in [-0.15, -0.1) is 0 Å². The molecule has 1 saturated carbocycles. The van der Waals surface area contributed by atoms with Crippen molar-refractivity contribution in [3.8, 4) is 11.3 Å². The summed E-state index contributed by atoms with van der Waals surface area (Å²) >= 11 is 6.55. The second-order valence-electron chi connectivity index (χ2n) is 8.74. The molecule has 1 aliphatic carbocycles. The van der Waals surface area contributed by atoms with E-state index in [-0.39, 0.29) is 0 Å². The summed E-state index contributed by atoms with van der Waals surface area (Å²) in [5.41, 5.74) is 8.36. The zero-order valence-electron chi connectivity index (χ0n) is 17.8. The van der Waals surface area contributed by atoms with Crippen LogP contribution in [0.25, 0.3) is 11.3 Å². The van der Waals surface area contributed by atoms with Gasteiger partial charge in [-0.2, -0.15) is 0 Å². The molecule has 160 valence electrons. The van der Waals surface area contributed by atoms with Crippen molar-refractivity contribution in [1.82, 2.24) is 15.3 Å². The first-order valence-electron chi connectivity index (χ1n) is 11.4. The topological polar surface area (TPSA) is 49.8 Å². The third-order valence-electron chi connectivity index (χ3n) is 6.43. The number of fused-ring (bicyclic) bond motifs is 1. The van der Waals surface area contributed by atoms with E-state index in [0.717, 1.165) is 72.5 Å². The highest BCUT2D eigenvalue weighted by Crippen LogP contribution is 2.33. The van der Waals surface area contributed by atoms with Crippen LogP contribution in [-0.4, -0.2) is 23.1 Å². The number of nitrogens with one attached hydrogen (secondary N) is 2. The molecular weight excluding hydrogens is 404 g/mol. The standard InChI is InChI=1S/C26H29ClN4/c27-24-10-8-20-11-13-28-14-12-23(20)26(24)29-16-19-3-6-21(7-4-19)25-15-22(30-17-31-25)9-5-18-1-2-18/h3-4,6-8,10,15,17-18,28-29H,1-2,5,9,11-14,16H2. The zero-order valence-corrected chi connectivity index (χ0v) is 18.6. The minimum absolute atomic E-state index is 0.750. The predicted molar refractivity (Wildman–Crippen MR) is 128 cm³/mol. The van der Waals surface area contributed by atoms with Gasteiger partial charge in [0.05, 0.1) is 16.4 Å². The molecule has 0 amide bonds. The molecule has 1 aromatic heterocycles. The smallest absolute Gasteiger partial charge is 0.116 e. The van der Waals surface area contributed by atoms with Crippen molar-refractivity contribution in [3.05, 3.63) is 76.2 Å². The second-order valence-corrected chi connectivity index (χ2v) is 9.14. The van der Waals surface area contributed by atoms with Crippen LogP contribution in [0.15, 0.2) is 48.8 Å². The third kappa shape index (κ3) is 5.08. The number of aryl methyl sites for hydroxylation is 1. The molecule has 0 spiro atoms. The third-order valence-corrected chi connectivity index (χ3v) is 6.75. The molecule has 5 heteroatoms. The van der Waals surface area contributed by atoms with Gasteiger partial charge < -0.3 is 10.6 Å². The first kappa shape index (κ1) is 20.5. The quantitative estimate of drug-likeness (QED) is 0.522. The Morgan fingerprint density at radius 1 is 1.00 bits per heavy atom. The molecule has 2 aliphatic rings. The molecule has 0 radical (unpaired) electrons. The van der Waals surface area contributed by atoms with E-state index in [0.29, 0.717) is 0 Å². The minimum atomic E-state index is 0.750. The number of nitrogens with zero attached hydrogens (tertiary/aromatic N) is 2. The molecule has 1 fully saturated rings. The van der Waals surface area contributed by atoms with Gasteiger partial charge in [0.15, 0.2) is 0 Å². The van der Waals surface area contributed by atoms with Crippen LogP contribution in [-0.2, 0) is 25.8 Å². The molecule has 0 saturated heterocycles. The maximum atomic E-state index is 6.55. The van der Waals surface area contributed by atoms with Crippen LogP contribution in [0, 0.1) is 5.92 Å². The summed E-state index contributed by atoms with van der Waals surface area (Å²) in [7, 11) is 0. The number of rotatable bonds is 7. The molecule has 31 heavy (non-hydrogen) atoms. The van der Waals surface area contributed by atoms with Gasteiger partial charge in [-0.3, -0.25) is 0 Å². The Labute approximate surface area is 189 Å². The van der Waals surface area contributed by atoms with E-state index >= 15 is 0 Å². The zero-order chi connectivity index (χ0) is 21.0. The molecule has 1 aliphatic heterocycles. The fourth-order valence-corrected chi connectivity index (χ4v) is 4.61. The molecule has 2 heterocycles. The maximum Gasteiger partial charge on any atom is 0.116 e. The lowest BCUT2D eigenvalue weighted by molar-refractivity contribution is 0.711. The number of hydrogen-bond donors (Lipinski definition) is 2. The van der Waals surface area contributed by atoms with E-state index in [1.807, 2.05) is 6.07 Å². The second kappa shape index (κ2) is 9.37. The van der Waals surface area contributed by atoms with E-state index in [1.165, 1.54) is 36.0 Å². The van der Waals surface area contributed by atoms with Crippen molar-refractivity contribution in [2.24, 2.45) is 5.92 Å². The lowest BCUT2D eigenvalue weighted by Gasteiger charge is -2.16. The highest BCUT2D eigenvalue weighted by atomic mass is 35.5. The summed E-state index contributed by atoms with van der Waals surface area (Å²) in [5.74, 6) is 0.926. The van der Waals surface area contributed by atoms with E-state index < -0.39 is 0 Å². The fraction of sp³-hybridized carbons (Fsp3) is 0.385. The van der Waals surface area contributed by atoms with Crippen molar-refractivity contribution in [2.45, 2.75) is 45.1 Å². The van der Waals surface area contributed by atoms with Gasteiger partial charge in [-0.1, -0.05) is 54.8 Å². The minimum Gasteiger partial charge on any atom is -0.380 e. The Hall–Kier alpha value is -2.43. The highest BCUT2D eigenvalue weighted by Gasteiger charge is 2.21. The highest BCUT2D eigenvalue weighted by molar-refractivity contribution is 6.33. The van der Waals surface area contributed by atoms with Crippen molar-refractivity contribution in [3.63, 3.8) is 0 Å². The van der Waals surface area contributed by atoms with Crippen LogP contribution in [0.1, 0.15) is 41.6 Å². The molecule has 4 nitrogen and oxygen atoms in total. The summed E-state index contributed by atoms with van der Waals surface area (Å²) in [4.78, 5) is 8.95. The van der Waals surface area contributed by atoms with Gasteiger partial charge in [-0.25, -0.2) is 9.97 Å². The Morgan fingerprint density at radius 3 is 2.68 bits per heavy atom. The summed E-state index contributed by atoms with van der Waals surface area (Å²) < 4.78 is 0. The largest absolute Gasteiger partial charge is 0.380 e. The fourth-order valence-electron chi connectivity index (χ4n) is 4.37. The normalized spacial score (nSPS) is 15.9. The van der Waals surface area contributed by atoms with E-state index in [1.54, 1.807) is 6.33 Å². The van der Waals surface area contributed by atoms with Crippen LogP contribution in [0.4, 0.5) is 5.69 Å². The van der Waals surface area contributed by atoms with E-state index in [2.05, 4.69) is 57.0 Å². The Bertz CT molecular complexity index is 1040. The van der Waals surface area contributed by atoms with Gasteiger partial charge in [-0.05, 0) is 73.5 Å². The molecule has 2 N–H and O–H groups in total. The lowest BCUT2D eigenvalue weighted by atomic mass is 10.0. The summed E-state index contributed by atoms with van der Waals surface area (Å²) in [5, 5.41) is 7.88. The number of anilines is 1. The Balaban J connectivity index is 1.27. The number of hydrogen-bond acceptors (Lipinski definition) is 4. The molecular formula is C26H29ClN4. The number of aromatic nitrogens is 2. The molecule has 0 bridgehead atoms. The van der Waals surface area contributed by atoms with Gasteiger partial charge in [0.1, 0.15) is 6.33 Å². The average Bonchev–Trinajstić information content (AvgIpc) is 3.65. The molecule has 2 aromatic carbocycles. The number of benzene rings is 2. The van der Waals surface area contributed by atoms with Crippen LogP contribution in [0.3, 0.4) is 0 Å². The Kier molecular flexibility index (Phi) is 6.19. The molecule has 5 rings (SSSR count). The van der Waals surface area contributed by atoms with Gasteiger partial charge in [0.25, 0.3) is 0 Å². The van der Waals surface area contributed by atoms with Crippen LogP contribution < -0.4 is 10.6 Å². The van der Waals surface area contributed by atoms with E-state index in [9.17, 15) is 0 Å². The SMILES string of the molecule is Clc1ccc2c(c1NCc1ccc(-c3cc(CCC4CC4)ncn3)cc1)CCNCC2. The van der Waals surface area contributed by atoms with Crippen molar-refractivity contribution in [2.75, 3.05) is 18.4 Å². The van der Waals surface area contributed by atoms with Gasteiger partial charge in [0, 0.05) is 17.8 Å². The summed E-state index contributed by atoms with van der Waals surface area (Å²) in [6.45, 7) is 2.78. The monoisotopic (exact) mass is 432 g/mol. The van der Waals surface area contributed by atoms with Crippen molar-refractivity contribution < 1.29 is 0 Å². The van der Waals surface area contributed by atoms with Crippen molar-refractivity contribution in [1.29, 1.82) is 0 Å². The molecule has 3 aromatic rings.